The van der Waals surface area contributed by atoms with E-state index in [1.165, 1.54) is 5.56 Å². The summed E-state index contributed by atoms with van der Waals surface area (Å²) in [6.45, 7) is 4.84. The maximum Gasteiger partial charge on any atom is 0.122 e. The van der Waals surface area contributed by atoms with Gasteiger partial charge in [-0.25, -0.2) is 0 Å². The Balaban J connectivity index is 2.78. The van der Waals surface area contributed by atoms with Crippen LogP contribution in [0.25, 0.3) is 0 Å². The molecule has 2 nitrogen and oxygen atoms in total. The van der Waals surface area contributed by atoms with Crippen molar-refractivity contribution in [2.45, 2.75) is 26.3 Å². The van der Waals surface area contributed by atoms with Crippen LogP contribution in [0.3, 0.4) is 0 Å². The van der Waals surface area contributed by atoms with E-state index in [9.17, 15) is 0 Å². The van der Waals surface area contributed by atoms with Crippen molar-refractivity contribution in [2.75, 3.05) is 6.61 Å². The van der Waals surface area contributed by atoms with E-state index in [1.807, 2.05) is 25.1 Å². The van der Waals surface area contributed by atoms with Crippen molar-refractivity contribution in [3.8, 4) is 5.75 Å². The third-order valence-corrected chi connectivity index (χ3v) is 1.84. The SMILES string of the molecule is CCOc1ccccc1C[C@@H](C)[NH3+]. The lowest BCUT2D eigenvalue weighted by Gasteiger charge is -2.09. The number of rotatable bonds is 4. The Hall–Kier alpha value is -1.02. The summed E-state index contributed by atoms with van der Waals surface area (Å²) in [6.07, 6.45) is 0.982. The summed E-state index contributed by atoms with van der Waals surface area (Å²) in [5.41, 5.74) is 5.24. The Bertz CT molecular complexity index is 258. The Morgan fingerprint density at radius 2 is 2.08 bits per heavy atom. The van der Waals surface area contributed by atoms with Crippen molar-refractivity contribution in [2.24, 2.45) is 0 Å². The average Bonchev–Trinajstić information content (AvgIpc) is 2.08. The van der Waals surface area contributed by atoms with Crippen LogP contribution in [0.4, 0.5) is 0 Å². The summed E-state index contributed by atoms with van der Waals surface area (Å²) >= 11 is 0. The molecule has 0 aliphatic rings. The third-order valence-electron chi connectivity index (χ3n) is 1.84. The number of ether oxygens (including phenoxy) is 1. The molecule has 0 aliphatic heterocycles. The highest BCUT2D eigenvalue weighted by Crippen LogP contribution is 2.18. The van der Waals surface area contributed by atoms with Crippen LogP contribution >= 0.6 is 0 Å². The van der Waals surface area contributed by atoms with Gasteiger partial charge in [-0.05, 0) is 25.5 Å². The van der Waals surface area contributed by atoms with Gasteiger partial charge in [0.2, 0.25) is 0 Å². The smallest absolute Gasteiger partial charge is 0.122 e. The first-order valence-electron chi connectivity index (χ1n) is 4.77. The molecule has 13 heavy (non-hydrogen) atoms. The van der Waals surface area contributed by atoms with E-state index in [4.69, 9.17) is 4.74 Å². The van der Waals surface area contributed by atoms with Gasteiger partial charge in [-0.2, -0.15) is 0 Å². The lowest BCUT2D eigenvalue weighted by atomic mass is 10.1. The highest BCUT2D eigenvalue weighted by molar-refractivity contribution is 5.33. The normalized spacial score (nSPS) is 12.5. The molecule has 3 N–H and O–H groups in total. The first kappa shape index (κ1) is 10.1. The van der Waals surface area contributed by atoms with Crippen LogP contribution in [0, 0.1) is 0 Å². The lowest BCUT2D eigenvalue weighted by molar-refractivity contribution is -0.413. The molecule has 1 atom stereocenters. The molecule has 0 unspecified atom stereocenters. The maximum atomic E-state index is 5.51. The summed E-state index contributed by atoms with van der Waals surface area (Å²) in [7, 11) is 0. The average molecular weight is 180 g/mol. The minimum atomic E-state index is 0.432. The van der Waals surface area contributed by atoms with Crippen LogP contribution in [0.1, 0.15) is 19.4 Å². The molecular weight excluding hydrogens is 162 g/mol. The van der Waals surface area contributed by atoms with E-state index in [0.29, 0.717) is 6.04 Å². The maximum absolute atomic E-state index is 5.51. The molecule has 1 aromatic rings. The quantitative estimate of drug-likeness (QED) is 0.744. The third kappa shape index (κ3) is 3.07. The topological polar surface area (TPSA) is 36.9 Å². The van der Waals surface area contributed by atoms with Gasteiger partial charge in [0, 0.05) is 6.42 Å². The molecule has 1 aromatic carbocycles. The zero-order chi connectivity index (χ0) is 9.68. The summed E-state index contributed by atoms with van der Waals surface area (Å²) in [6, 6.07) is 8.60. The molecule has 0 heterocycles. The first-order chi connectivity index (χ1) is 6.24. The fourth-order valence-corrected chi connectivity index (χ4v) is 1.34. The van der Waals surface area contributed by atoms with E-state index in [-0.39, 0.29) is 0 Å². The van der Waals surface area contributed by atoms with Gasteiger partial charge in [-0.3, -0.25) is 0 Å². The summed E-state index contributed by atoms with van der Waals surface area (Å²) in [5, 5.41) is 0. The number of hydrogen-bond donors (Lipinski definition) is 1. The van der Waals surface area contributed by atoms with Gasteiger partial charge in [-0.15, -0.1) is 0 Å². The monoisotopic (exact) mass is 180 g/mol. The van der Waals surface area contributed by atoms with Crippen LogP contribution in [0.15, 0.2) is 24.3 Å². The zero-order valence-electron chi connectivity index (χ0n) is 8.42. The summed E-state index contributed by atoms with van der Waals surface area (Å²) < 4.78 is 5.51. The van der Waals surface area contributed by atoms with E-state index in [0.717, 1.165) is 18.8 Å². The van der Waals surface area contributed by atoms with Gasteiger partial charge in [0.1, 0.15) is 5.75 Å². The second kappa shape index (κ2) is 4.87. The highest BCUT2D eigenvalue weighted by atomic mass is 16.5. The Morgan fingerprint density at radius 1 is 1.38 bits per heavy atom. The molecule has 0 saturated carbocycles. The first-order valence-corrected chi connectivity index (χ1v) is 4.77. The van der Waals surface area contributed by atoms with Gasteiger partial charge >= 0.3 is 0 Å². The number of hydrogen-bond acceptors (Lipinski definition) is 1. The van der Waals surface area contributed by atoms with Crippen LogP contribution in [0.2, 0.25) is 0 Å². The molecule has 0 amide bonds. The zero-order valence-corrected chi connectivity index (χ0v) is 8.42. The van der Waals surface area contributed by atoms with Crippen molar-refractivity contribution < 1.29 is 10.5 Å². The van der Waals surface area contributed by atoms with Crippen molar-refractivity contribution in [1.82, 2.24) is 0 Å². The molecule has 0 aliphatic carbocycles. The van der Waals surface area contributed by atoms with Crippen LogP contribution < -0.4 is 10.5 Å². The molecule has 0 radical (unpaired) electrons. The minimum absolute atomic E-state index is 0.432. The van der Waals surface area contributed by atoms with Crippen molar-refractivity contribution in [3.05, 3.63) is 29.8 Å². The lowest BCUT2D eigenvalue weighted by Crippen LogP contribution is -2.60. The number of para-hydroxylation sites is 1. The Labute approximate surface area is 79.7 Å². The molecule has 2 heteroatoms. The Kier molecular flexibility index (Phi) is 3.77. The molecular formula is C11H18NO+. The van der Waals surface area contributed by atoms with Gasteiger partial charge in [-0.1, -0.05) is 18.2 Å². The van der Waals surface area contributed by atoms with Gasteiger partial charge in [0.05, 0.1) is 12.6 Å². The fraction of sp³-hybridized carbons (Fsp3) is 0.455. The molecule has 0 fully saturated rings. The largest absolute Gasteiger partial charge is 0.494 e. The predicted molar refractivity (Wildman–Crippen MR) is 53.7 cm³/mol. The minimum Gasteiger partial charge on any atom is -0.494 e. The van der Waals surface area contributed by atoms with Crippen LogP contribution in [-0.4, -0.2) is 12.6 Å². The van der Waals surface area contributed by atoms with Crippen molar-refractivity contribution in [3.63, 3.8) is 0 Å². The van der Waals surface area contributed by atoms with E-state index in [1.54, 1.807) is 0 Å². The standard InChI is InChI=1S/C11H17NO/c1-3-13-11-7-5-4-6-10(11)8-9(2)12/h4-7,9H,3,8,12H2,1-2H3/p+1/t9-/m1/s1. The van der Waals surface area contributed by atoms with Gasteiger partial charge in [0.15, 0.2) is 0 Å². The molecule has 0 aromatic heterocycles. The summed E-state index contributed by atoms with van der Waals surface area (Å²) in [4.78, 5) is 0. The molecule has 0 saturated heterocycles. The predicted octanol–water partition coefficient (Wildman–Crippen LogP) is 1.26. The van der Waals surface area contributed by atoms with Crippen molar-refractivity contribution in [1.29, 1.82) is 0 Å². The van der Waals surface area contributed by atoms with E-state index < -0.39 is 0 Å². The van der Waals surface area contributed by atoms with E-state index >= 15 is 0 Å². The number of benzene rings is 1. The van der Waals surface area contributed by atoms with Crippen LogP contribution in [-0.2, 0) is 6.42 Å². The fourth-order valence-electron chi connectivity index (χ4n) is 1.34. The second-order valence-corrected chi connectivity index (χ2v) is 3.35. The van der Waals surface area contributed by atoms with Crippen LogP contribution in [0.5, 0.6) is 5.75 Å². The molecule has 0 bridgehead atoms. The second-order valence-electron chi connectivity index (χ2n) is 3.35. The summed E-state index contributed by atoms with van der Waals surface area (Å²) in [5.74, 6) is 1.00. The van der Waals surface area contributed by atoms with Gasteiger partial charge < -0.3 is 10.5 Å². The van der Waals surface area contributed by atoms with Crippen molar-refractivity contribution >= 4 is 0 Å². The highest BCUT2D eigenvalue weighted by Gasteiger charge is 2.05. The van der Waals surface area contributed by atoms with E-state index in [2.05, 4.69) is 18.7 Å². The number of quaternary nitrogens is 1. The molecule has 0 spiro atoms. The van der Waals surface area contributed by atoms with Gasteiger partial charge in [0.25, 0.3) is 0 Å². The molecule has 72 valence electrons. The Morgan fingerprint density at radius 3 is 2.69 bits per heavy atom. The molecule has 1 rings (SSSR count).